The molecule has 2 aromatic rings. The van der Waals surface area contributed by atoms with Crippen LogP contribution in [-0.4, -0.2) is 41.0 Å². The summed E-state index contributed by atoms with van der Waals surface area (Å²) >= 11 is 0. The van der Waals surface area contributed by atoms with Gasteiger partial charge in [-0.05, 0) is 37.1 Å². The Morgan fingerprint density at radius 2 is 2.00 bits per heavy atom. The minimum absolute atomic E-state index is 0.276. The molecule has 1 aliphatic heterocycles. The van der Waals surface area contributed by atoms with Gasteiger partial charge in [-0.15, -0.1) is 5.06 Å². The van der Waals surface area contributed by atoms with E-state index < -0.39 is 30.4 Å². The first-order chi connectivity index (χ1) is 12.6. The second-order valence-corrected chi connectivity index (χ2v) is 5.93. The number of hydrogen-bond acceptors (Lipinski definition) is 4. The fourth-order valence-electron chi connectivity index (χ4n) is 2.97. The van der Waals surface area contributed by atoms with Gasteiger partial charge in [0.1, 0.15) is 11.8 Å². The van der Waals surface area contributed by atoms with Gasteiger partial charge in [-0.2, -0.15) is 4.39 Å². The number of amides is 1. The number of pyridine rings is 1. The molecule has 1 aliphatic rings. The van der Waals surface area contributed by atoms with E-state index in [1.165, 1.54) is 23.4 Å². The van der Waals surface area contributed by atoms with Gasteiger partial charge in [0, 0.05) is 12.7 Å². The Kier molecular flexibility index (Phi) is 5.72. The van der Waals surface area contributed by atoms with Crippen LogP contribution in [0.1, 0.15) is 23.2 Å². The predicted molar refractivity (Wildman–Crippen MR) is 88.3 cm³/mol. The summed E-state index contributed by atoms with van der Waals surface area (Å²) in [4.78, 5) is 21.3. The summed E-state index contributed by atoms with van der Waals surface area (Å²) < 4.78 is 41.1. The van der Waals surface area contributed by atoms with Gasteiger partial charge >= 0.3 is 0 Å². The molecule has 1 aromatic heterocycles. The second-order valence-electron chi connectivity index (χ2n) is 5.93. The number of rotatable bonds is 5. The Labute approximate surface area is 148 Å². The number of carbonyl (C=O) groups excluding carboxylic acids is 1. The zero-order valence-corrected chi connectivity index (χ0v) is 13.8. The molecule has 1 saturated heterocycles. The molecule has 0 bridgehead atoms. The first-order valence-corrected chi connectivity index (χ1v) is 8.25. The van der Waals surface area contributed by atoms with Crippen molar-refractivity contribution in [2.75, 3.05) is 6.54 Å². The molecule has 0 spiro atoms. The number of alkyl halides is 2. The van der Waals surface area contributed by atoms with E-state index in [0.717, 1.165) is 0 Å². The molecule has 1 N–H and O–H groups in total. The number of nitrogens with zero attached hydrogens (tertiary/aromatic N) is 2. The highest BCUT2D eigenvalue weighted by Crippen LogP contribution is 2.25. The Bertz CT molecular complexity index is 745. The number of benzene rings is 1. The fourth-order valence-corrected chi connectivity index (χ4v) is 2.97. The highest BCUT2D eigenvalue weighted by atomic mass is 19.3. The predicted octanol–water partition coefficient (Wildman–Crippen LogP) is 3.04. The van der Waals surface area contributed by atoms with Gasteiger partial charge in [0.05, 0.1) is 11.6 Å². The summed E-state index contributed by atoms with van der Waals surface area (Å²) in [6, 6.07) is 9.05. The smallest absolute Gasteiger partial charge is 0.259 e. The van der Waals surface area contributed by atoms with Crippen LogP contribution in [0.3, 0.4) is 0 Å². The Morgan fingerprint density at radius 1 is 1.23 bits per heavy atom. The lowest BCUT2D eigenvalue weighted by Crippen LogP contribution is -2.59. The molecule has 1 amide bonds. The van der Waals surface area contributed by atoms with Crippen molar-refractivity contribution in [3.05, 3.63) is 60.2 Å². The topological polar surface area (TPSA) is 54.5 Å². The molecule has 8 heteroatoms. The lowest BCUT2D eigenvalue weighted by Gasteiger charge is -2.39. The van der Waals surface area contributed by atoms with Crippen LogP contribution in [0.2, 0.25) is 0 Å². The van der Waals surface area contributed by atoms with Gasteiger partial charge in [-0.1, -0.05) is 18.2 Å². The van der Waals surface area contributed by atoms with Crippen LogP contribution < -0.4 is 10.2 Å². The van der Waals surface area contributed by atoms with Crippen LogP contribution >= 0.6 is 0 Å². The van der Waals surface area contributed by atoms with E-state index in [1.54, 1.807) is 30.3 Å². The fraction of sp³-hybridized carbons (Fsp3) is 0.333. The number of nitrogens with one attached hydrogen (secondary N) is 1. The van der Waals surface area contributed by atoms with E-state index in [1.807, 2.05) is 0 Å². The summed E-state index contributed by atoms with van der Waals surface area (Å²) in [5, 5.41) is 3.69. The van der Waals surface area contributed by atoms with E-state index >= 15 is 0 Å². The molecule has 2 heterocycles. The van der Waals surface area contributed by atoms with Crippen LogP contribution in [-0.2, 0) is 0 Å². The first kappa shape index (κ1) is 18.2. The van der Waals surface area contributed by atoms with Crippen LogP contribution in [0.25, 0.3) is 0 Å². The molecule has 5 nitrogen and oxygen atoms in total. The molecule has 0 radical (unpaired) electrons. The third-order valence-electron chi connectivity index (χ3n) is 4.18. The molecule has 138 valence electrons. The van der Waals surface area contributed by atoms with Crippen molar-refractivity contribution in [1.29, 1.82) is 0 Å². The van der Waals surface area contributed by atoms with E-state index in [-0.39, 0.29) is 5.56 Å². The highest BCUT2D eigenvalue weighted by Gasteiger charge is 2.40. The molecular weight excluding hydrogens is 347 g/mol. The zero-order chi connectivity index (χ0) is 18.5. The molecule has 1 aromatic carbocycles. The van der Waals surface area contributed by atoms with Gasteiger partial charge in [-0.25, -0.2) is 13.8 Å². The number of halogens is 3. The zero-order valence-electron chi connectivity index (χ0n) is 13.8. The molecule has 0 saturated carbocycles. The van der Waals surface area contributed by atoms with E-state index in [4.69, 9.17) is 4.84 Å². The van der Waals surface area contributed by atoms with E-state index in [9.17, 15) is 18.0 Å². The monoisotopic (exact) mass is 365 g/mol. The van der Waals surface area contributed by atoms with Crippen molar-refractivity contribution < 1.29 is 22.8 Å². The van der Waals surface area contributed by atoms with Crippen molar-refractivity contribution in [3.8, 4) is 5.75 Å². The molecule has 3 rings (SSSR count). The summed E-state index contributed by atoms with van der Waals surface area (Å²) in [7, 11) is 0. The van der Waals surface area contributed by atoms with E-state index in [0.29, 0.717) is 25.1 Å². The average molecular weight is 365 g/mol. The minimum Gasteiger partial charge on any atom is -0.405 e. The number of carbonyl (C=O) groups is 1. The van der Waals surface area contributed by atoms with E-state index in [2.05, 4.69) is 10.3 Å². The summed E-state index contributed by atoms with van der Waals surface area (Å²) in [6.45, 7) is 0.303. The van der Waals surface area contributed by atoms with Crippen LogP contribution in [0.4, 0.5) is 13.2 Å². The van der Waals surface area contributed by atoms with Gasteiger partial charge in [-0.3, -0.25) is 4.79 Å². The second kappa shape index (κ2) is 8.18. The Hall–Kier alpha value is -2.61. The Balaban J connectivity index is 1.75. The van der Waals surface area contributed by atoms with Gasteiger partial charge in [0.25, 0.3) is 12.3 Å². The number of hydrogen-bond donors (Lipinski definition) is 1. The van der Waals surface area contributed by atoms with Gasteiger partial charge in [0.15, 0.2) is 0 Å². The molecule has 2 atom stereocenters. The number of hydroxylamine groups is 2. The molecule has 0 aliphatic carbocycles. The van der Waals surface area contributed by atoms with Crippen molar-refractivity contribution in [2.24, 2.45) is 0 Å². The van der Waals surface area contributed by atoms with Gasteiger partial charge < -0.3 is 10.2 Å². The Morgan fingerprint density at radius 3 is 2.69 bits per heavy atom. The molecule has 2 unspecified atom stereocenters. The molecule has 1 fully saturated rings. The number of aromatic nitrogens is 1. The van der Waals surface area contributed by atoms with Crippen molar-refractivity contribution >= 4 is 5.91 Å². The first-order valence-electron chi connectivity index (χ1n) is 8.25. The molecular formula is C18H18F3N3O2. The third kappa shape index (κ3) is 4.13. The highest BCUT2D eigenvalue weighted by molar-refractivity contribution is 5.94. The van der Waals surface area contributed by atoms with Crippen molar-refractivity contribution in [3.63, 3.8) is 0 Å². The third-order valence-corrected chi connectivity index (χ3v) is 4.18. The van der Waals surface area contributed by atoms with Crippen molar-refractivity contribution in [2.45, 2.75) is 31.4 Å². The summed E-state index contributed by atoms with van der Waals surface area (Å²) in [5.74, 6) is -1.27. The SMILES string of the molecule is O=C(NC1CCCN(Oc2ccccc2)C1C(F)F)c1cccnc1F. The largest absolute Gasteiger partial charge is 0.405 e. The average Bonchev–Trinajstić information content (AvgIpc) is 2.63. The maximum atomic E-state index is 13.7. The lowest BCUT2D eigenvalue weighted by molar-refractivity contribution is -0.161. The van der Waals surface area contributed by atoms with Crippen molar-refractivity contribution in [1.82, 2.24) is 15.4 Å². The standard InChI is InChI=1S/C18H18F3N3O2/c19-16(20)15-14(23-18(25)13-8-4-10-22-17(13)21)9-5-11-24(15)26-12-6-2-1-3-7-12/h1-4,6-8,10,14-16H,5,9,11H2,(H,23,25). The van der Waals surface area contributed by atoms with Gasteiger partial charge in [0.2, 0.25) is 5.95 Å². The summed E-state index contributed by atoms with van der Waals surface area (Å²) in [5.41, 5.74) is -0.276. The molecule has 26 heavy (non-hydrogen) atoms. The summed E-state index contributed by atoms with van der Waals surface area (Å²) in [6.07, 6.45) is -0.638. The number of para-hydroxylation sites is 1. The lowest BCUT2D eigenvalue weighted by atomic mass is 9.97. The quantitative estimate of drug-likeness (QED) is 0.828. The maximum absolute atomic E-state index is 13.7. The van der Waals surface area contributed by atoms with Crippen LogP contribution in [0.15, 0.2) is 48.7 Å². The normalized spacial score (nSPS) is 20.8. The minimum atomic E-state index is -2.75. The van der Waals surface area contributed by atoms with Crippen LogP contribution in [0.5, 0.6) is 5.75 Å². The van der Waals surface area contributed by atoms with Crippen LogP contribution in [0, 0.1) is 5.95 Å². The number of piperidine rings is 1. The maximum Gasteiger partial charge on any atom is 0.259 e.